The first kappa shape index (κ1) is 21.0. The van der Waals surface area contributed by atoms with Crippen molar-refractivity contribution >= 4 is 28.3 Å². The number of hydrogen-bond donors (Lipinski definition) is 1. The maximum atomic E-state index is 11.8. The minimum atomic E-state index is -0.496. The molecule has 0 aromatic carbocycles. The van der Waals surface area contributed by atoms with Crippen LogP contribution in [0.2, 0.25) is 0 Å². The van der Waals surface area contributed by atoms with E-state index in [0.29, 0.717) is 5.56 Å². The highest BCUT2D eigenvalue weighted by atomic mass is 16.1. The predicted molar refractivity (Wildman–Crippen MR) is 127 cm³/mol. The van der Waals surface area contributed by atoms with Crippen LogP contribution in [0.4, 0.5) is 11.5 Å². The summed E-state index contributed by atoms with van der Waals surface area (Å²) in [4.78, 5) is 29.9. The molecule has 0 radical (unpaired) electrons. The largest absolute Gasteiger partial charge is 0.366 e. The molecule has 0 spiro atoms. The van der Waals surface area contributed by atoms with Crippen molar-refractivity contribution in [3.8, 4) is 11.1 Å². The molecule has 1 saturated heterocycles. The number of nitrogens with zero attached hydrogens (tertiary/aromatic N) is 7. The van der Waals surface area contributed by atoms with E-state index in [2.05, 4.69) is 44.0 Å². The third-order valence-electron chi connectivity index (χ3n) is 6.18. The number of aryl methyl sites for hydroxylation is 1. The number of rotatable bonds is 5. The molecule has 2 N–H and O–H groups in total. The number of amides is 1. The smallest absolute Gasteiger partial charge is 0.250 e. The summed E-state index contributed by atoms with van der Waals surface area (Å²) in [5.41, 5.74) is 9.55. The molecular formula is C24H26N8O. The highest BCUT2D eigenvalue weighted by Crippen LogP contribution is 2.33. The Bertz CT molecular complexity index is 1310. The number of aromatic nitrogens is 5. The van der Waals surface area contributed by atoms with Crippen LogP contribution in [0, 0.1) is 0 Å². The van der Waals surface area contributed by atoms with Crippen molar-refractivity contribution in [2.24, 2.45) is 12.8 Å². The van der Waals surface area contributed by atoms with Gasteiger partial charge in [0.1, 0.15) is 5.82 Å². The summed E-state index contributed by atoms with van der Waals surface area (Å²) >= 11 is 0. The summed E-state index contributed by atoms with van der Waals surface area (Å²) in [6.07, 6.45) is 12.7. The quantitative estimate of drug-likeness (QED) is 0.506. The molecule has 0 atom stereocenters. The third-order valence-corrected chi connectivity index (χ3v) is 6.18. The lowest BCUT2D eigenvalue weighted by atomic mass is 10.0. The molecule has 0 unspecified atom stereocenters. The van der Waals surface area contributed by atoms with Gasteiger partial charge in [-0.3, -0.25) is 19.4 Å². The van der Waals surface area contributed by atoms with E-state index in [1.807, 2.05) is 25.6 Å². The van der Waals surface area contributed by atoms with Gasteiger partial charge in [0.15, 0.2) is 0 Å². The number of pyridine rings is 3. The molecule has 4 aromatic heterocycles. The number of nitrogens with two attached hydrogens (primary N) is 1. The summed E-state index contributed by atoms with van der Waals surface area (Å²) in [6, 6.07) is 6.18. The first-order valence-electron chi connectivity index (χ1n) is 11.0. The summed E-state index contributed by atoms with van der Waals surface area (Å²) in [5, 5.41) is 5.25. The van der Waals surface area contributed by atoms with Crippen LogP contribution in [-0.2, 0) is 7.05 Å². The second-order valence-electron chi connectivity index (χ2n) is 8.56. The monoisotopic (exact) mass is 442 g/mol. The van der Waals surface area contributed by atoms with Crippen molar-refractivity contribution in [2.45, 2.75) is 18.9 Å². The zero-order valence-corrected chi connectivity index (χ0v) is 18.7. The average molecular weight is 443 g/mol. The molecule has 1 aliphatic heterocycles. The van der Waals surface area contributed by atoms with Crippen molar-refractivity contribution in [2.75, 3.05) is 25.0 Å². The maximum absolute atomic E-state index is 11.8. The van der Waals surface area contributed by atoms with Crippen molar-refractivity contribution in [3.63, 3.8) is 0 Å². The fourth-order valence-electron chi connectivity index (χ4n) is 4.36. The molecule has 1 aliphatic rings. The normalized spacial score (nSPS) is 15.1. The van der Waals surface area contributed by atoms with Crippen LogP contribution in [0.15, 0.2) is 55.4 Å². The fourth-order valence-corrected chi connectivity index (χ4v) is 4.36. The highest BCUT2D eigenvalue weighted by Gasteiger charge is 2.26. The third kappa shape index (κ3) is 4.27. The minimum Gasteiger partial charge on any atom is -0.366 e. The summed E-state index contributed by atoms with van der Waals surface area (Å²) in [5.74, 6) is 0.301. The van der Waals surface area contributed by atoms with Crippen LogP contribution in [0.1, 0.15) is 23.2 Å². The van der Waals surface area contributed by atoms with Crippen molar-refractivity contribution < 1.29 is 4.79 Å². The first-order valence-corrected chi connectivity index (χ1v) is 11.0. The summed E-state index contributed by atoms with van der Waals surface area (Å²) < 4.78 is 1.78. The van der Waals surface area contributed by atoms with Gasteiger partial charge in [0.25, 0.3) is 0 Å². The van der Waals surface area contributed by atoms with Gasteiger partial charge < -0.3 is 15.5 Å². The Balaban J connectivity index is 1.59. The van der Waals surface area contributed by atoms with Gasteiger partial charge in [0, 0.05) is 48.2 Å². The molecule has 0 bridgehead atoms. The van der Waals surface area contributed by atoms with E-state index in [1.54, 1.807) is 23.1 Å². The van der Waals surface area contributed by atoms with Gasteiger partial charge in [-0.2, -0.15) is 5.10 Å². The molecule has 1 fully saturated rings. The van der Waals surface area contributed by atoms with Crippen LogP contribution in [0.3, 0.4) is 0 Å². The number of hydrogen-bond acceptors (Lipinski definition) is 7. The molecule has 5 rings (SSSR count). The maximum Gasteiger partial charge on any atom is 0.250 e. The minimum absolute atomic E-state index is 0.227. The molecule has 33 heavy (non-hydrogen) atoms. The van der Waals surface area contributed by atoms with Crippen molar-refractivity contribution in [3.05, 3.63) is 60.9 Å². The van der Waals surface area contributed by atoms with E-state index in [1.165, 1.54) is 6.20 Å². The lowest BCUT2D eigenvalue weighted by Crippen LogP contribution is -2.42. The van der Waals surface area contributed by atoms with Crippen LogP contribution >= 0.6 is 0 Å². The number of likely N-dealkylation sites (tertiary alicyclic amines) is 1. The summed E-state index contributed by atoms with van der Waals surface area (Å²) in [7, 11) is 4.03. The number of anilines is 2. The Morgan fingerprint density at radius 1 is 1.00 bits per heavy atom. The Kier molecular flexibility index (Phi) is 5.47. The molecule has 4 aromatic rings. The number of piperidine rings is 1. The fraction of sp³-hybridized carbons (Fsp3) is 0.292. The van der Waals surface area contributed by atoms with Gasteiger partial charge in [0.2, 0.25) is 5.91 Å². The predicted octanol–water partition coefficient (Wildman–Crippen LogP) is 2.76. The average Bonchev–Trinajstić information content (AvgIpc) is 3.26. The molecule has 168 valence electrons. The number of primary amides is 1. The number of carbonyl (C=O) groups excluding carboxylic acids is 1. The van der Waals surface area contributed by atoms with Gasteiger partial charge in [-0.25, -0.2) is 4.98 Å². The number of fused-ring (bicyclic) bond motifs is 1. The van der Waals surface area contributed by atoms with E-state index < -0.39 is 5.91 Å². The molecule has 5 heterocycles. The Labute approximate surface area is 191 Å². The van der Waals surface area contributed by atoms with E-state index in [-0.39, 0.29) is 6.04 Å². The number of carbonyl (C=O) groups is 1. The first-order chi connectivity index (χ1) is 16.0. The Morgan fingerprint density at radius 2 is 1.82 bits per heavy atom. The van der Waals surface area contributed by atoms with Gasteiger partial charge in [-0.05, 0) is 51.2 Å². The van der Waals surface area contributed by atoms with E-state index >= 15 is 0 Å². The van der Waals surface area contributed by atoms with E-state index in [4.69, 9.17) is 10.7 Å². The van der Waals surface area contributed by atoms with Gasteiger partial charge in [-0.15, -0.1) is 0 Å². The van der Waals surface area contributed by atoms with Gasteiger partial charge in [0.05, 0.1) is 35.4 Å². The Hall–Kier alpha value is -3.85. The second-order valence-corrected chi connectivity index (χ2v) is 8.56. The molecule has 9 heteroatoms. The summed E-state index contributed by atoms with van der Waals surface area (Å²) in [6.45, 7) is 1.98. The SMILES string of the molecule is CN1CCC(N(c2cncc(C(N)=O)c2)c2cc3cc(-c4cnn(C)c4)cnc3cn2)CC1. The molecule has 9 nitrogen and oxygen atoms in total. The molecule has 1 amide bonds. The lowest BCUT2D eigenvalue weighted by Gasteiger charge is -2.38. The highest BCUT2D eigenvalue weighted by molar-refractivity contribution is 5.93. The van der Waals surface area contributed by atoms with Crippen LogP contribution in [-0.4, -0.2) is 61.7 Å². The van der Waals surface area contributed by atoms with Crippen LogP contribution in [0.25, 0.3) is 22.0 Å². The lowest BCUT2D eigenvalue weighted by molar-refractivity contribution is 0.1000. The van der Waals surface area contributed by atoms with Gasteiger partial charge >= 0.3 is 0 Å². The Morgan fingerprint density at radius 3 is 2.55 bits per heavy atom. The second kappa shape index (κ2) is 8.59. The zero-order chi connectivity index (χ0) is 22.9. The molecule has 0 saturated carbocycles. The van der Waals surface area contributed by atoms with Crippen LogP contribution in [0.5, 0.6) is 0 Å². The topological polar surface area (TPSA) is 106 Å². The van der Waals surface area contributed by atoms with Gasteiger partial charge in [-0.1, -0.05) is 0 Å². The molecular weight excluding hydrogens is 416 g/mol. The van der Waals surface area contributed by atoms with Crippen molar-refractivity contribution in [1.29, 1.82) is 0 Å². The van der Waals surface area contributed by atoms with E-state index in [9.17, 15) is 4.79 Å². The van der Waals surface area contributed by atoms with Crippen molar-refractivity contribution in [1.82, 2.24) is 29.6 Å². The molecule has 0 aliphatic carbocycles. The zero-order valence-electron chi connectivity index (χ0n) is 18.7. The van der Waals surface area contributed by atoms with E-state index in [0.717, 1.165) is 59.5 Å². The van der Waals surface area contributed by atoms with Crippen LogP contribution < -0.4 is 10.6 Å². The standard InChI is InChI=1S/C24H26N8O/c1-30-5-3-20(4-6-30)32(21-8-18(24(25)33)10-26-13-21)23-9-16-7-17(11-27-22(16)14-28-23)19-12-29-31(2)15-19/h7-15,20H,3-6H2,1-2H3,(H2,25,33).